The highest BCUT2D eigenvalue weighted by Crippen LogP contribution is 2.14. The normalized spacial score (nSPS) is 17.3. The second-order valence-electron chi connectivity index (χ2n) is 2.48. The minimum Gasteiger partial charge on any atom is -0.343 e. The minimum absolute atomic E-state index is 0.793. The SMILES string of the molecule is C1=CN(c2conn2)CCC1. The molecule has 0 atom stereocenters. The summed E-state index contributed by atoms with van der Waals surface area (Å²) < 4.78 is 4.63. The molecular formula is C7H9N3O. The lowest BCUT2D eigenvalue weighted by Crippen LogP contribution is -2.20. The summed E-state index contributed by atoms with van der Waals surface area (Å²) in [6.45, 7) is 1.00. The molecule has 0 aromatic carbocycles. The number of allylic oxidation sites excluding steroid dienone is 1. The van der Waals surface area contributed by atoms with Crippen LogP contribution in [0.4, 0.5) is 5.82 Å². The lowest BCUT2D eigenvalue weighted by molar-refractivity contribution is 0.393. The lowest BCUT2D eigenvalue weighted by atomic mass is 10.2. The molecule has 4 nitrogen and oxygen atoms in total. The van der Waals surface area contributed by atoms with Crippen molar-refractivity contribution >= 4 is 5.82 Å². The summed E-state index contributed by atoms with van der Waals surface area (Å²) >= 11 is 0. The highest BCUT2D eigenvalue weighted by Gasteiger charge is 2.08. The van der Waals surface area contributed by atoms with Gasteiger partial charge >= 0.3 is 0 Å². The van der Waals surface area contributed by atoms with E-state index in [4.69, 9.17) is 0 Å². The molecule has 0 bridgehead atoms. The van der Waals surface area contributed by atoms with E-state index in [1.165, 1.54) is 6.42 Å². The summed E-state index contributed by atoms with van der Waals surface area (Å²) in [5, 5.41) is 7.19. The molecule has 0 saturated carbocycles. The number of rotatable bonds is 1. The molecular weight excluding hydrogens is 142 g/mol. The number of anilines is 1. The number of hydrogen-bond acceptors (Lipinski definition) is 4. The van der Waals surface area contributed by atoms with Crippen LogP contribution in [-0.2, 0) is 0 Å². The fourth-order valence-corrected chi connectivity index (χ4v) is 1.13. The van der Waals surface area contributed by atoms with Gasteiger partial charge in [0.15, 0.2) is 12.1 Å². The molecule has 0 aliphatic carbocycles. The average molecular weight is 151 g/mol. The van der Waals surface area contributed by atoms with Crippen molar-refractivity contribution in [2.24, 2.45) is 0 Å². The Hall–Kier alpha value is -1.32. The van der Waals surface area contributed by atoms with E-state index in [0.717, 1.165) is 18.8 Å². The molecule has 0 N–H and O–H groups in total. The van der Waals surface area contributed by atoms with Gasteiger partial charge in [-0.15, -0.1) is 0 Å². The van der Waals surface area contributed by atoms with E-state index >= 15 is 0 Å². The van der Waals surface area contributed by atoms with Gasteiger partial charge in [-0.1, -0.05) is 11.2 Å². The third kappa shape index (κ3) is 1.24. The summed E-state index contributed by atoms with van der Waals surface area (Å²) in [7, 11) is 0. The third-order valence-corrected chi connectivity index (χ3v) is 1.70. The largest absolute Gasteiger partial charge is 0.343 e. The van der Waals surface area contributed by atoms with Crippen molar-refractivity contribution in [3.63, 3.8) is 0 Å². The van der Waals surface area contributed by atoms with Gasteiger partial charge in [0.1, 0.15) is 0 Å². The molecule has 1 aliphatic rings. The first kappa shape index (κ1) is 6.39. The second kappa shape index (κ2) is 2.74. The van der Waals surface area contributed by atoms with Gasteiger partial charge in [-0.25, -0.2) is 0 Å². The van der Waals surface area contributed by atoms with Crippen molar-refractivity contribution in [1.29, 1.82) is 0 Å². The van der Waals surface area contributed by atoms with E-state index in [-0.39, 0.29) is 0 Å². The maximum absolute atomic E-state index is 4.63. The Morgan fingerprint density at radius 2 is 2.55 bits per heavy atom. The Bertz CT molecular complexity index is 242. The van der Waals surface area contributed by atoms with Crippen LogP contribution in [0.15, 0.2) is 23.1 Å². The number of hydrogen-bond donors (Lipinski definition) is 0. The summed E-state index contributed by atoms with van der Waals surface area (Å²) in [5.74, 6) is 0.793. The van der Waals surface area contributed by atoms with Crippen LogP contribution in [0.2, 0.25) is 0 Å². The molecule has 0 radical (unpaired) electrons. The van der Waals surface area contributed by atoms with Gasteiger partial charge in [0.2, 0.25) is 0 Å². The first-order chi connectivity index (χ1) is 5.47. The zero-order valence-electron chi connectivity index (χ0n) is 6.10. The van der Waals surface area contributed by atoms with Gasteiger partial charge in [0.25, 0.3) is 0 Å². The lowest BCUT2D eigenvalue weighted by Gasteiger charge is -2.18. The van der Waals surface area contributed by atoms with E-state index in [9.17, 15) is 0 Å². The molecule has 0 spiro atoms. The van der Waals surface area contributed by atoms with E-state index in [0.29, 0.717) is 0 Å². The topological polar surface area (TPSA) is 42.2 Å². The Morgan fingerprint density at radius 3 is 3.18 bits per heavy atom. The van der Waals surface area contributed by atoms with Gasteiger partial charge in [-0.3, -0.25) is 0 Å². The molecule has 1 aliphatic heterocycles. The minimum atomic E-state index is 0.793. The number of aromatic nitrogens is 2. The van der Waals surface area contributed by atoms with Crippen molar-refractivity contribution in [2.45, 2.75) is 12.8 Å². The summed E-state index contributed by atoms with van der Waals surface area (Å²) in [6.07, 6.45) is 8.02. The second-order valence-corrected chi connectivity index (χ2v) is 2.48. The van der Waals surface area contributed by atoms with Gasteiger partial charge in [0, 0.05) is 18.0 Å². The van der Waals surface area contributed by atoms with Crippen molar-refractivity contribution in [3.05, 3.63) is 18.5 Å². The highest BCUT2D eigenvalue weighted by atomic mass is 16.5. The first-order valence-corrected chi connectivity index (χ1v) is 3.67. The van der Waals surface area contributed by atoms with Crippen LogP contribution < -0.4 is 4.90 Å². The van der Waals surface area contributed by atoms with Gasteiger partial charge in [0.05, 0.1) is 0 Å². The van der Waals surface area contributed by atoms with Crippen LogP contribution in [-0.4, -0.2) is 16.9 Å². The molecule has 2 rings (SSSR count). The zero-order chi connectivity index (χ0) is 7.52. The number of nitrogens with zero attached hydrogens (tertiary/aromatic N) is 3. The maximum Gasteiger partial charge on any atom is 0.196 e. The quantitative estimate of drug-likeness (QED) is 0.604. The molecule has 1 aromatic rings. The standard InChI is InChI=1S/C7H9N3O/c1-2-4-10(5-3-1)7-6-11-9-8-7/h2,4,6H,1,3,5H2. The third-order valence-electron chi connectivity index (χ3n) is 1.70. The molecule has 0 unspecified atom stereocenters. The molecule has 4 heteroatoms. The molecule has 1 aromatic heterocycles. The Morgan fingerprint density at radius 1 is 1.55 bits per heavy atom. The van der Waals surface area contributed by atoms with Crippen molar-refractivity contribution < 1.29 is 4.52 Å². The average Bonchev–Trinajstić information content (AvgIpc) is 2.58. The van der Waals surface area contributed by atoms with Gasteiger partial charge in [-0.05, 0) is 12.8 Å². The Kier molecular flexibility index (Phi) is 1.59. The molecule has 58 valence electrons. The van der Waals surface area contributed by atoms with E-state index in [1.54, 1.807) is 6.26 Å². The molecule has 0 amide bonds. The van der Waals surface area contributed by atoms with Gasteiger partial charge < -0.3 is 9.42 Å². The maximum atomic E-state index is 4.63. The van der Waals surface area contributed by atoms with Crippen LogP contribution in [0.1, 0.15) is 12.8 Å². The smallest absolute Gasteiger partial charge is 0.196 e. The summed E-state index contributed by atoms with van der Waals surface area (Å²) in [5.41, 5.74) is 0. The fourth-order valence-electron chi connectivity index (χ4n) is 1.13. The van der Waals surface area contributed by atoms with Crippen LogP contribution >= 0.6 is 0 Å². The Balaban J connectivity index is 2.16. The van der Waals surface area contributed by atoms with Crippen LogP contribution in [0.3, 0.4) is 0 Å². The van der Waals surface area contributed by atoms with E-state index in [1.807, 2.05) is 11.1 Å². The van der Waals surface area contributed by atoms with E-state index < -0.39 is 0 Å². The predicted octanol–water partition coefficient (Wildman–Crippen LogP) is 1.18. The van der Waals surface area contributed by atoms with Crippen molar-refractivity contribution in [2.75, 3.05) is 11.4 Å². The molecule has 0 saturated heterocycles. The summed E-state index contributed by atoms with van der Waals surface area (Å²) in [6, 6.07) is 0. The van der Waals surface area contributed by atoms with Gasteiger partial charge in [-0.2, -0.15) is 0 Å². The van der Waals surface area contributed by atoms with E-state index in [2.05, 4.69) is 21.0 Å². The molecule has 11 heavy (non-hydrogen) atoms. The molecule has 0 fully saturated rings. The van der Waals surface area contributed by atoms with Crippen LogP contribution in [0.25, 0.3) is 0 Å². The van der Waals surface area contributed by atoms with Crippen molar-refractivity contribution in [3.8, 4) is 0 Å². The monoisotopic (exact) mass is 151 g/mol. The Labute approximate surface area is 64.5 Å². The van der Waals surface area contributed by atoms with Crippen LogP contribution in [0, 0.1) is 0 Å². The summed E-state index contributed by atoms with van der Waals surface area (Å²) in [4.78, 5) is 2.03. The highest BCUT2D eigenvalue weighted by molar-refractivity contribution is 5.38. The van der Waals surface area contributed by atoms with Crippen LogP contribution in [0.5, 0.6) is 0 Å². The fraction of sp³-hybridized carbons (Fsp3) is 0.429. The molecule has 2 heterocycles. The first-order valence-electron chi connectivity index (χ1n) is 3.67. The zero-order valence-corrected chi connectivity index (χ0v) is 6.10. The van der Waals surface area contributed by atoms with Crippen molar-refractivity contribution in [1.82, 2.24) is 10.4 Å². The predicted molar refractivity (Wildman–Crippen MR) is 40.0 cm³/mol.